The van der Waals surface area contributed by atoms with Crippen molar-refractivity contribution in [3.05, 3.63) is 22.7 Å². The molecule has 5 heteroatoms. The Balaban J connectivity index is 1.88. The standard InChI is InChI=1S/C17H22N2O2S/c1-3-10-4-6-11(7-5-10)16-19-14-8-12(17(20)21-2)13(18)9-15(14)22-16/h8-11H,3-7,18H2,1-2H3/t10-,11-. The summed E-state index contributed by atoms with van der Waals surface area (Å²) in [5, 5.41) is 1.19. The second-order valence-electron chi connectivity index (χ2n) is 6.08. The summed E-state index contributed by atoms with van der Waals surface area (Å²) in [6, 6.07) is 3.61. The third-order valence-corrected chi connectivity index (χ3v) is 5.94. The Morgan fingerprint density at radius 1 is 1.36 bits per heavy atom. The number of carbonyl (C=O) groups excluding carboxylic acids is 1. The molecule has 0 amide bonds. The Labute approximate surface area is 134 Å². The number of rotatable bonds is 3. The van der Waals surface area contributed by atoms with Crippen LogP contribution in [0.2, 0.25) is 0 Å². The highest BCUT2D eigenvalue weighted by Gasteiger charge is 2.24. The molecule has 1 aromatic heterocycles. The van der Waals surface area contributed by atoms with Gasteiger partial charge in [-0.25, -0.2) is 9.78 Å². The van der Waals surface area contributed by atoms with Crippen molar-refractivity contribution in [1.82, 2.24) is 4.98 Å². The lowest BCUT2D eigenvalue weighted by Gasteiger charge is -2.26. The Hall–Kier alpha value is -1.62. The van der Waals surface area contributed by atoms with Crippen molar-refractivity contribution in [3.63, 3.8) is 0 Å². The number of fused-ring (bicyclic) bond motifs is 1. The maximum atomic E-state index is 11.7. The van der Waals surface area contributed by atoms with Crippen molar-refractivity contribution in [1.29, 1.82) is 0 Å². The second-order valence-corrected chi connectivity index (χ2v) is 7.14. The van der Waals surface area contributed by atoms with Crippen LogP contribution in [0.4, 0.5) is 5.69 Å². The molecule has 3 rings (SSSR count). The zero-order valence-electron chi connectivity index (χ0n) is 13.1. The van der Waals surface area contributed by atoms with Gasteiger partial charge in [0.2, 0.25) is 0 Å². The highest BCUT2D eigenvalue weighted by atomic mass is 32.1. The minimum atomic E-state index is -0.405. The molecule has 1 saturated carbocycles. The van der Waals surface area contributed by atoms with Crippen molar-refractivity contribution >= 4 is 33.2 Å². The fourth-order valence-corrected chi connectivity index (χ4v) is 4.45. The van der Waals surface area contributed by atoms with E-state index in [-0.39, 0.29) is 0 Å². The van der Waals surface area contributed by atoms with E-state index in [2.05, 4.69) is 6.92 Å². The van der Waals surface area contributed by atoms with E-state index in [0.29, 0.717) is 17.2 Å². The molecule has 1 aliphatic carbocycles. The van der Waals surface area contributed by atoms with E-state index in [1.807, 2.05) is 6.07 Å². The van der Waals surface area contributed by atoms with Crippen LogP contribution in [0.3, 0.4) is 0 Å². The van der Waals surface area contributed by atoms with Crippen LogP contribution in [-0.2, 0) is 4.74 Å². The number of methoxy groups -OCH3 is 1. The van der Waals surface area contributed by atoms with Crippen LogP contribution in [0, 0.1) is 5.92 Å². The summed E-state index contributed by atoms with van der Waals surface area (Å²) in [5.74, 6) is 1.03. The molecule has 0 saturated heterocycles. The zero-order valence-corrected chi connectivity index (χ0v) is 13.9. The number of nitrogens with two attached hydrogens (primary N) is 1. The van der Waals surface area contributed by atoms with Crippen LogP contribution in [-0.4, -0.2) is 18.1 Å². The SMILES string of the molecule is CC[C@H]1CC[C@H](c2nc3cc(C(=O)OC)c(N)cc3s2)CC1. The monoisotopic (exact) mass is 318 g/mol. The molecule has 0 radical (unpaired) electrons. The third kappa shape index (κ3) is 2.82. The molecule has 0 atom stereocenters. The van der Waals surface area contributed by atoms with Gasteiger partial charge in [0.05, 0.1) is 27.9 Å². The van der Waals surface area contributed by atoms with Crippen LogP contribution in [0.1, 0.15) is 60.3 Å². The smallest absolute Gasteiger partial charge is 0.340 e. The molecule has 2 aromatic rings. The molecular weight excluding hydrogens is 296 g/mol. The van der Waals surface area contributed by atoms with Crippen LogP contribution >= 0.6 is 11.3 Å². The third-order valence-electron chi connectivity index (χ3n) is 4.75. The Morgan fingerprint density at radius 3 is 2.73 bits per heavy atom. The van der Waals surface area contributed by atoms with Gasteiger partial charge in [0.25, 0.3) is 0 Å². The summed E-state index contributed by atoms with van der Waals surface area (Å²) >= 11 is 1.71. The van der Waals surface area contributed by atoms with E-state index < -0.39 is 5.97 Å². The number of nitrogen functional groups attached to an aromatic ring is 1. The summed E-state index contributed by atoms with van der Waals surface area (Å²) in [5.41, 5.74) is 7.69. The van der Waals surface area contributed by atoms with Gasteiger partial charge in [-0.1, -0.05) is 13.3 Å². The number of thiazole rings is 1. The van der Waals surface area contributed by atoms with Gasteiger partial charge in [0, 0.05) is 11.6 Å². The predicted octanol–water partition coefficient (Wildman–Crippen LogP) is 4.35. The van der Waals surface area contributed by atoms with Gasteiger partial charge in [-0.3, -0.25) is 0 Å². The number of benzene rings is 1. The summed E-state index contributed by atoms with van der Waals surface area (Å²) in [6.07, 6.45) is 6.32. The number of hydrogen-bond acceptors (Lipinski definition) is 5. The quantitative estimate of drug-likeness (QED) is 0.675. The molecule has 4 nitrogen and oxygen atoms in total. The molecular formula is C17H22N2O2S. The highest BCUT2D eigenvalue weighted by molar-refractivity contribution is 7.18. The van der Waals surface area contributed by atoms with Gasteiger partial charge >= 0.3 is 5.97 Å². The number of ether oxygens (including phenoxy) is 1. The fourth-order valence-electron chi connectivity index (χ4n) is 3.29. The Morgan fingerprint density at radius 2 is 2.09 bits per heavy atom. The van der Waals surface area contributed by atoms with E-state index in [4.69, 9.17) is 15.5 Å². The molecule has 1 heterocycles. The molecule has 0 aliphatic heterocycles. The number of esters is 1. The van der Waals surface area contributed by atoms with Gasteiger partial charge in [-0.15, -0.1) is 11.3 Å². The van der Waals surface area contributed by atoms with Crippen molar-refractivity contribution in [3.8, 4) is 0 Å². The Bertz CT molecular complexity index is 687. The molecule has 118 valence electrons. The van der Waals surface area contributed by atoms with E-state index in [1.165, 1.54) is 44.2 Å². The fraction of sp³-hybridized carbons (Fsp3) is 0.529. The normalized spacial score (nSPS) is 21.9. The first kappa shape index (κ1) is 15.3. The van der Waals surface area contributed by atoms with Crippen LogP contribution < -0.4 is 5.73 Å². The van der Waals surface area contributed by atoms with E-state index in [9.17, 15) is 4.79 Å². The largest absolute Gasteiger partial charge is 0.465 e. The van der Waals surface area contributed by atoms with Crippen molar-refractivity contribution in [2.45, 2.75) is 44.9 Å². The van der Waals surface area contributed by atoms with E-state index >= 15 is 0 Å². The average Bonchev–Trinajstić information content (AvgIpc) is 2.96. The van der Waals surface area contributed by atoms with Gasteiger partial charge in [0.1, 0.15) is 0 Å². The van der Waals surface area contributed by atoms with Crippen molar-refractivity contribution < 1.29 is 9.53 Å². The number of nitrogens with zero attached hydrogens (tertiary/aromatic N) is 1. The van der Waals surface area contributed by atoms with Crippen LogP contribution in [0.15, 0.2) is 12.1 Å². The number of aromatic nitrogens is 1. The van der Waals surface area contributed by atoms with Gasteiger partial charge in [0.15, 0.2) is 0 Å². The zero-order chi connectivity index (χ0) is 15.7. The lowest BCUT2D eigenvalue weighted by molar-refractivity contribution is 0.0602. The predicted molar refractivity (Wildman–Crippen MR) is 90.4 cm³/mol. The lowest BCUT2D eigenvalue weighted by Crippen LogP contribution is -2.12. The first-order chi connectivity index (χ1) is 10.6. The minimum Gasteiger partial charge on any atom is -0.465 e. The maximum Gasteiger partial charge on any atom is 0.340 e. The number of hydrogen-bond donors (Lipinski definition) is 1. The molecule has 1 aliphatic rings. The molecule has 0 spiro atoms. The molecule has 1 fully saturated rings. The van der Waals surface area contributed by atoms with Gasteiger partial charge in [-0.05, 0) is 43.7 Å². The Kier molecular flexibility index (Phi) is 4.34. The first-order valence-corrected chi connectivity index (χ1v) is 8.72. The second kappa shape index (κ2) is 6.24. The molecule has 0 bridgehead atoms. The summed E-state index contributed by atoms with van der Waals surface area (Å²) < 4.78 is 5.82. The summed E-state index contributed by atoms with van der Waals surface area (Å²) in [6.45, 7) is 2.28. The topological polar surface area (TPSA) is 65.2 Å². The molecule has 1 aromatic carbocycles. The molecule has 22 heavy (non-hydrogen) atoms. The molecule has 2 N–H and O–H groups in total. The van der Waals surface area contributed by atoms with Crippen molar-refractivity contribution in [2.24, 2.45) is 5.92 Å². The number of anilines is 1. The van der Waals surface area contributed by atoms with Crippen molar-refractivity contribution in [2.75, 3.05) is 12.8 Å². The summed E-state index contributed by atoms with van der Waals surface area (Å²) in [7, 11) is 1.37. The summed E-state index contributed by atoms with van der Waals surface area (Å²) in [4.78, 5) is 16.5. The lowest BCUT2D eigenvalue weighted by atomic mass is 9.81. The van der Waals surface area contributed by atoms with E-state index in [0.717, 1.165) is 16.1 Å². The van der Waals surface area contributed by atoms with Gasteiger partial charge < -0.3 is 10.5 Å². The van der Waals surface area contributed by atoms with Crippen LogP contribution in [0.25, 0.3) is 10.2 Å². The average molecular weight is 318 g/mol. The maximum absolute atomic E-state index is 11.7. The highest BCUT2D eigenvalue weighted by Crippen LogP contribution is 2.40. The van der Waals surface area contributed by atoms with Crippen LogP contribution in [0.5, 0.6) is 0 Å². The molecule has 0 unspecified atom stereocenters. The number of carbonyl (C=O) groups is 1. The van der Waals surface area contributed by atoms with Gasteiger partial charge in [-0.2, -0.15) is 0 Å². The first-order valence-electron chi connectivity index (χ1n) is 7.90. The minimum absolute atomic E-state index is 0.404. The van der Waals surface area contributed by atoms with E-state index in [1.54, 1.807) is 17.4 Å².